The number of carboxylic acids is 1. The summed E-state index contributed by atoms with van der Waals surface area (Å²) >= 11 is 0. The van der Waals surface area contributed by atoms with Gasteiger partial charge in [-0.3, -0.25) is 4.68 Å². The quantitative estimate of drug-likeness (QED) is 0.798. The van der Waals surface area contributed by atoms with Crippen LogP contribution in [-0.2, 0) is 19.4 Å². The summed E-state index contributed by atoms with van der Waals surface area (Å²) in [6.07, 6.45) is 6.39. The van der Waals surface area contributed by atoms with E-state index in [2.05, 4.69) is 16.6 Å². The van der Waals surface area contributed by atoms with E-state index in [1.807, 2.05) is 13.8 Å². The van der Waals surface area contributed by atoms with Crippen molar-refractivity contribution in [3.05, 3.63) is 29.6 Å². The van der Waals surface area contributed by atoms with E-state index in [0.29, 0.717) is 18.5 Å². The third kappa shape index (κ3) is 3.65. The molecule has 1 saturated heterocycles. The molecule has 1 aliphatic heterocycles. The van der Waals surface area contributed by atoms with Gasteiger partial charge in [0.2, 0.25) is 0 Å². The average Bonchev–Trinajstić information content (AvgIpc) is 2.93. The largest absolute Gasteiger partial charge is 0.476 e. The van der Waals surface area contributed by atoms with Crippen molar-refractivity contribution in [1.82, 2.24) is 14.7 Å². The monoisotopic (exact) mass is 347 g/mol. The molecule has 2 N–H and O–H groups in total. The van der Waals surface area contributed by atoms with Gasteiger partial charge in [-0.1, -0.05) is 6.08 Å². The highest BCUT2D eigenvalue weighted by molar-refractivity contribution is 5.87. The first-order valence-corrected chi connectivity index (χ1v) is 9.20. The third-order valence-corrected chi connectivity index (χ3v) is 5.87. The number of aromatic nitrogens is 2. The summed E-state index contributed by atoms with van der Waals surface area (Å²) in [7, 11) is 0. The first-order chi connectivity index (χ1) is 11.8. The van der Waals surface area contributed by atoms with E-state index in [4.69, 9.17) is 0 Å². The van der Waals surface area contributed by atoms with E-state index >= 15 is 0 Å². The van der Waals surface area contributed by atoms with E-state index in [0.717, 1.165) is 56.5 Å². The Hall–Kier alpha value is -1.66. The van der Waals surface area contributed by atoms with Crippen molar-refractivity contribution >= 4 is 5.97 Å². The molecule has 3 rings (SSSR count). The molecule has 2 heterocycles. The molecule has 0 bridgehead atoms. The minimum atomic E-state index is -0.944. The predicted molar refractivity (Wildman–Crippen MR) is 95.8 cm³/mol. The Morgan fingerprint density at radius 1 is 1.36 bits per heavy atom. The van der Waals surface area contributed by atoms with Crippen molar-refractivity contribution in [2.75, 3.05) is 13.1 Å². The van der Waals surface area contributed by atoms with E-state index < -0.39 is 11.6 Å². The summed E-state index contributed by atoms with van der Waals surface area (Å²) in [6.45, 7) is 10.0. The summed E-state index contributed by atoms with van der Waals surface area (Å²) in [4.78, 5) is 14.1. The molecule has 1 aliphatic carbocycles. The maximum Gasteiger partial charge on any atom is 0.356 e. The lowest BCUT2D eigenvalue weighted by Crippen LogP contribution is -2.47. The fraction of sp³-hybridized carbons (Fsp3) is 0.684. The molecule has 6 nitrogen and oxygen atoms in total. The molecule has 1 fully saturated rings. The first kappa shape index (κ1) is 18.1. The Labute approximate surface area is 149 Å². The molecule has 0 spiro atoms. The van der Waals surface area contributed by atoms with Crippen LogP contribution >= 0.6 is 0 Å². The van der Waals surface area contributed by atoms with Crippen molar-refractivity contribution in [1.29, 1.82) is 0 Å². The van der Waals surface area contributed by atoms with Crippen LogP contribution in [0.3, 0.4) is 0 Å². The molecule has 138 valence electrons. The lowest BCUT2D eigenvalue weighted by atomic mass is 9.81. The number of carboxylic acid groups (broad SMARTS) is 1. The topological polar surface area (TPSA) is 78.6 Å². The van der Waals surface area contributed by atoms with Crippen LogP contribution in [0, 0.1) is 5.92 Å². The van der Waals surface area contributed by atoms with Crippen molar-refractivity contribution in [2.45, 2.75) is 64.1 Å². The summed E-state index contributed by atoms with van der Waals surface area (Å²) in [5.74, 6) is -0.603. The van der Waals surface area contributed by atoms with Crippen LogP contribution in [0.2, 0.25) is 0 Å². The highest BCUT2D eigenvalue weighted by Crippen LogP contribution is 2.33. The second-order valence-electron chi connectivity index (χ2n) is 7.91. The smallest absolute Gasteiger partial charge is 0.356 e. The predicted octanol–water partition coefficient (Wildman–Crippen LogP) is 2.11. The maximum atomic E-state index is 11.6. The van der Waals surface area contributed by atoms with Crippen LogP contribution in [0.1, 0.15) is 54.9 Å². The molecule has 0 radical (unpaired) electrons. The Morgan fingerprint density at radius 2 is 2.04 bits per heavy atom. The van der Waals surface area contributed by atoms with Gasteiger partial charge in [0.25, 0.3) is 0 Å². The molecule has 0 unspecified atom stereocenters. The number of hydrogen-bond donors (Lipinski definition) is 2. The lowest BCUT2D eigenvalue weighted by molar-refractivity contribution is -0.0198. The van der Waals surface area contributed by atoms with Gasteiger partial charge in [-0.15, -0.1) is 6.58 Å². The van der Waals surface area contributed by atoms with Crippen LogP contribution in [0.25, 0.3) is 0 Å². The number of nitrogens with zero attached hydrogens (tertiary/aromatic N) is 3. The fourth-order valence-electron chi connectivity index (χ4n) is 4.40. The molecule has 6 heteroatoms. The highest BCUT2D eigenvalue weighted by Gasteiger charge is 2.35. The standard InChI is InChI=1S/C19H29N3O3/c1-4-9-22-16-6-5-14(12-15(16)17(20-22)18(23)24)21-10-7-13(8-11-21)19(2,3)25/h4,13-14,25H,1,5-12H2,2-3H3,(H,23,24)/t14-/m0/s1. The molecule has 1 aromatic heterocycles. The summed E-state index contributed by atoms with van der Waals surface area (Å²) in [5.41, 5.74) is 1.54. The summed E-state index contributed by atoms with van der Waals surface area (Å²) in [5, 5.41) is 24.0. The number of hydrogen-bond acceptors (Lipinski definition) is 4. The van der Waals surface area contributed by atoms with Gasteiger partial charge in [0.15, 0.2) is 5.69 Å². The van der Waals surface area contributed by atoms with Gasteiger partial charge in [0.1, 0.15) is 0 Å². The SMILES string of the molecule is C=CCn1nc(C(=O)O)c2c1CC[C@H](N1CCC(C(C)(C)O)CC1)C2. The molecular weight excluding hydrogens is 318 g/mol. The Bertz CT molecular complexity index is 652. The molecule has 1 aromatic rings. The van der Waals surface area contributed by atoms with E-state index in [9.17, 15) is 15.0 Å². The van der Waals surface area contributed by atoms with Crippen molar-refractivity contribution in [2.24, 2.45) is 5.92 Å². The summed E-state index contributed by atoms with van der Waals surface area (Å²) in [6, 6.07) is 0.370. The Kier molecular flexibility index (Phi) is 5.02. The molecule has 0 amide bonds. The van der Waals surface area contributed by atoms with Crippen LogP contribution in [0.5, 0.6) is 0 Å². The number of carbonyl (C=O) groups is 1. The van der Waals surface area contributed by atoms with Gasteiger partial charge in [-0.2, -0.15) is 5.10 Å². The Balaban J connectivity index is 1.73. The zero-order chi connectivity index (χ0) is 18.2. The van der Waals surface area contributed by atoms with Crippen LogP contribution in [-0.4, -0.2) is 55.6 Å². The normalized spacial score (nSPS) is 22.6. The molecule has 0 saturated carbocycles. The highest BCUT2D eigenvalue weighted by atomic mass is 16.4. The van der Waals surface area contributed by atoms with Crippen molar-refractivity contribution < 1.29 is 15.0 Å². The second-order valence-corrected chi connectivity index (χ2v) is 7.91. The van der Waals surface area contributed by atoms with Gasteiger partial charge in [-0.25, -0.2) is 4.79 Å². The lowest BCUT2D eigenvalue weighted by Gasteiger charge is -2.42. The zero-order valence-electron chi connectivity index (χ0n) is 15.2. The Morgan fingerprint density at radius 3 is 2.60 bits per heavy atom. The van der Waals surface area contributed by atoms with Gasteiger partial charge < -0.3 is 15.1 Å². The second kappa shape index (κ2) is 6.92. The molecular formula is C19H29N3O3. The third-order valence-electron chi connectivity index (χ3n) is 5.87. The van der Waals surface area contributed by atoms with Crippen LogP contribution < -0.4 is 0 Å². The molecule has 1 atom stereocenters. The minimum Gasteiger partial charge on any atom is -0.476 e. The van der Waals surface area contributed by atoms with Crippen LogP contribution in [0.15, 0.2) is 12.7 Å². The van der Waals surface area contributed by atoms with Crippen molar-refractivity contribution in [3.8, 4) is 0 Å². The zero-order valence-corrected chi connectivity index (χ0v) is 15.2. The van der Waals surface area contributed by atoms with Gasteiger partial charge in [-0.05, 0) is 65.0 Å². The minimum absolute atomic E-state index is 0.202. The number of piperidine rings is 1. The number of rotatable bonds is 5. The molecule has 2 aliphatic rings. The number of allylic oxidation sites excluding steroid dienone is 1. The van der Waals surface area contributed by atoms with E-state index in [1.54, 1.807) is 10.8 Å². The van der Waals surface area contributed by atoms with E-state index in [1.165, 1.54) is 0 Å². The molecule has 0 aromatic carbocycles. The molecule has 25 heavy (non-hydrogen) atoms. The summed E-state index contributed by atoms with van der Waals surface area (Å²) < 4.78 is 1.79. The number of aromatic carboxylic acids is 1. The van der Waals surface area contributed by atoms with E-state index in [-0.39, 0.29) is 5.69 Å². The first-order valence-electron chi connectivity index (χ1n) is 9.20. The van der Waals surface area contributed by atoms with Crippen LogP contribution in [0.4, 0.5) is 0 Å². The van der Waals surface area contributed by atoms with Gasteiger partial charge in [0.05, 0.1) is 12.1 Å². The van der Waals surface area contributed by atoms with Crippen molar-refractivity contribution in [3.63, 3.8) is 0 Å². The average molecular weight is 347 g/mol. The maximum absolute atomic E-state index is 11.6. The fourth-order valence-corrected chi connectivity index (χ4v) is 4.40. The van der Waals surface area contributed by atoms with Gasteiger partial charge in [0, 0.05) is 17.3 Å². The number of aliphatic hydroxyl groups is 1. The van der Waals surface area contributed by atoms with Gasteiger partial charge >= 0.3 is 5.97 Å². The number of likely N-dealkylation sites (tertiary alicyclic amines) is 1. The number of fused-ring (bicyclic) bond motifs is 1.